The number of carbonyl (C=O) groups excluding carboxylic acids is 1. The van der Waals surface area contributed by atoms with Gasteiger partial charge in [0.1, 0.15) is 0 Å². The van der Waals surface area contributed by atoms with Crippen LogP contribution in [0.4, 0.5) is 5.69 Å². The van der Waals surface area contributed by atoms with Crippen LogP contribution in [0.2, 0.25) is 0 Å². The molecule has 0 N–H and O–H groups in total. The van der Waals surface area contributed by atoms with Gasteiger partial charge >= 0.3 is 5.97 Å². The summed E-state index contributed by atoms with van der Waals surface area (Å²) in [5, 5.41) is 15.4. The van der Waals surface area contributed by atoms with Crippen LogP contribution in [0, 0.1) is 10.1 Å². The largest absolute Gasteiger partial charge is 0.404 e. The fourth-order valence-electron chi connectivity index (χ4n) is 2.57. The number of benzene rings is 2. The van der Waals surface area contributed by atoms with Crippen LogP contribution < -0.4 is 4.74 Å². The predicted octanol–water partition coefficient (Wildman–Crippen LogP) is 4.70. The van der Waals surface area contributed by atoms with Gasteiger partial charge in [-0.15, -0.1) is 0 Å². The summed E-state index contributed by atoms with van der Waals surface area (Å²) in [4.78, 5) is 22.8. The number of esters is 1. The number of nitrogens with zero attached hydrogens (tertiary/aromatic N) is 3. The van der Waals surface area contributed by atoms with Crippen molar-refractivity contribution in [2.24, 2.45) is 0 Å². The molecule has 148 valence electrons. The Morgan fingerprint density at radius 3 is 2.34 bits per heavy atom. The Labute approximate surface area is 168 Å². The van der Waals surface area contributed by atoms with Gasteiger partial charge in [-0.25, -0.2) is 9.48 Å². The van der Waals surface area contributed by atoms with Crippen LogP contribution in [0.1, 0.15) is 32.0 Å². The normalized spacial score (nSPS) is 11.6. The zero-order valence-corrected chi connectivity index (χ0v) is 16.4. The maximum atomic E-state index is 12.3. The molecule has 0 radical (unpaired) electrons. The molecule has 0 bridgehead atoms. The molecule has 0 aliphatic rings. The first-order chi connectivity index (χ1) is 13.7. The van der Waals surface area contributed by atoms with E-state index in [1.165, 1.54) is 22.9 Å². The number of nitro benzene ring substituents is 1. The average molecular weight is 391 g/mol. The second-order valence-electron chi connectivity index (χ2n) is 7.47. The van der Waals surface area contributed by atoms with Crippen molar-refractivity contribution < 1.29 is 14.5 Å². The molecule has 2 aromatic carbocycles. The quantitative estimate of drug-likeness (QED) is 0.272. The number of hydrogen-bond donors (Lipinski definition) is 0. The van der Waals surface area contributed by atoms with Crippen molar-refractivity contribution in [2.75, 3.05) is 0 Å². The maximum absolute atomic E-state index is 12.3. The van der Waals surface area contributed by atoms with Crippen LogP contribution in [-0.2, 0) is 10.2 Å². The van der Waals surface area contributed by atoms with E-state index in [1.807, 2.05) is 51.1 Å². The van der Waals surface area contributed by atoms with Crippen molar-refractivity contribution in [3.8, 4) is 11.6 Å². The molecule has 7 heteroatoms. The summed E-state index contributed by atoms with van der Waals surface area (Å²) in [5.41, 5.74) is 1.86. The molecule has 0 spiro atoms. The number of non-ortho nitro benzene ring substituents is 1. The van der Waals surface area contributed by atoms with E-state index in [1.54, 1.807) is 24.3 Å². The first kappa shape index (κ1) is 20.0. The molecule has 1 aromatic heterocycles. The number of rotatable bonds is 5. The highest BCUT2D eigenvalue weighted by Crippen LogP contribution is 2.28. The van der Waals surface area contributed by atoms with Crippen LogP contribution in [0.3, 0.4) is 0 Å². The van der Waals surface area contributed by atoms with Crippen molar-refractivity contribution in [3.05, 3.63) is 88.1 Å². The number of carbonyl (C=O) groups is 1. The summed E-state index contributed by atoms with van der Waals surface area (Å²) < 4.78 is 6.99. The standard InChI is InChI=1S/C22H21N3O4/c1-22(2,3)19-15-20(29-21(26)14-9-16-7-5-4-6-8-16)24(23-19)17-10-12-18(13-11-17)25(27)28/h4-15H,1-3H3. The molecule has 1 heterocycles. The van der Waals surface area contributed by atoms with Gasteiger partial charge in [0.05, 0.1) is 16.3 Å². The van der Waals surface area contributed by atoms with Gasteiger partial charge in [0.2, 0.25) is 5.88 Å². The summed E-state index contributed by atoms with van der Waals surface area (Å²) in [7, 11) is 0. The minimum absolute atomic E-state index is 0.0266. The van der Waals surface area contributed by atoms with Gasteiger partial charge in [-0.2, -0.15) is 5.10 Å². The third-order valence-electron chi connectivity index (χ3n) is 4.17. The topological polar surface area (TPSA) is 87.3 Å². The van der Waals surface area contributed by atoms with Crippen LogP contribution in [0.5, 0.6) is 5.88 Å². The Morgan fingerprint density at radius 2 is 1.76 bits per heavy atom. The van der Waals surface area contributed by atoms with Crippen LogP contribution >= 0.6 is 0 Å². The Bertz CT molecular complexity index is 1050. The third kappa shape index (κ3) is 4.95. The lowest BCUT2D eigenvalue weighted by Crippen LogP contribution is -2.12. The molecule has 0 amide bonds. The van der Waals surface area contributed by atoms with Crippen molar-refractivity contribution in [3.63, 3.8) is 0 Å². The summed E-state index contributed by atoms with van der Waals surface area (Å²) in [6, 6.07) is 17.0. The molecule has 7 nitrogen and oxygen atoms in total. The number of aromatic nitrogens is 2. The molecule has 3 rings (SSSR count). The molecule has 0 aliphatic carbocycles. The molecule has 29 heavy (non-hydrogen) atoms. The number of nitro groups is 1. The summed E-state index contributed by atoms with van der Waals surface area (Å²) >= 11 is 0. The molecular weight excluding hydrogens is 370 g/mol. The van der Waals surface area contributed by atoms with Gasteiger partial charge in [-0.05, 0) is 23.8 Å². The van der Waals surface area contributed by atoms with Crippen molar-refractivity contribution in [2.45, 2.75) is 26.2 Å². The molecule has 0 saturated carbocycles. The van der Waals surface area contributed by atoms with Crippen LogP contribution in [-0.4, -0.2) is 20.7 Å². The minimum Gasteiger partial charge on any atom is -0.404 e. The summed E-state index contributed by atoms with van der Waals surface area (Å²) in [6.07, 6.45) is 3.01. The van der Waals surface area contributed by atoms with Gasteiger partial charge in [0, 0.05) is 29.7 Å². The van der Waals surface area contributed by atoms with E-state index < -0.39 is 10.9 Å². The van der Waals surface area contributed by atoms with Gasteiger partial charge in [-0.3, -0.25) is 10.1 Å². The Balaban J connectivity index is 1.90. The van der Waals surface area contributed by atoms with Crippen molar-refractivity contribution in [1.82, 2.24) is 9.78 Å². The number of ether oxygens (including phenoxy) is 1. The zero-order valence-electron chi connectivity index (χ0n) is 16.4. The van der Waals surface area contributed by atoms with E-state index in [9.17, 15) is 14.9 Å². The molecule has 0 unspecified atom stereocenters. The fourth-order valence-corrected chi connectivity index (χ4v) is 2.57. The average Bonchev–Trinajstić information content (AvgIpc) is 3.11. The second kappa shape index (κ2) is 8.10. The molecule has 3 aromatic rings. The van der Waals surface area contributed by atoms with Gasteiger partial charge in [0.15, 0.2) is 0 Å². The summed E-state index contributed by atoms with van der Waals surface area (Å²) in [6.45, 7) is 5.99. The van der Waals surface area contributed by atoms with E-state index >= 15 is 0 Å². The zero-order chi connectivity index (χ0) is 21.0. The van der Waals surface area contributed by atoms with Gasteiger partial charge < -0.3 is 4.74 Å². The first-order valence-electron chi connectivity index (χ1n) is 9.04. The maximum Gasteiger partial charge on any atom is 0.337 e. The van der Waals surface area contributed by atoms with E-state index in [0.29, 0.717) is 5.69 Å². The minimum atomic E-state index is -0.544. The number of hydrogen-bond acceptors (Lipinski definition) is 5. The highest BCUT2D eigenvalue weighted by atomic mass is 16.6. The lowest BCUT2D eigenvalue weighted by Gasteiger charge is -2.13. The monoisotopic (exact) mass is 391 g/mol. The van der Waals surface area contributed by atoms with Crippen LogP contribution in [0.25, 0.3) is 11.8 Å². The molecule has 0 fully saturated rings. The van der Waals surface area contributed by atoms with Gasteiger partial charge in [-0.1, -0.05) is 51.1 Å². The molecule has 0 atom stereocenters. The molecular formula is C22H21N3O4. The van der Waals surface area contributed by atoms with E-state index in [2.05, 4.69) is 5.10 Å². The van der Waals surface area contributed by atoms with Crippen LogP contribution in [0.15, 0.2) is 66.7 Å². The van der Waals surface area contributed by atoms with Gasteiger partial charge in [0.25, 0.3) is 5.69 Å². The second-order valence-corrected chi connectivity index (χ2v) is 7.47. The summed E-state index contributed by atoms with van der Waals surface area (Å²) in [5.74, 6) is -0.302. The Kier molecular flexibility index (Phi) is 5.59. The Morgan fingerprint density at radius 1 is 1.10 bits per heavy atom. The first-order valence-corrected chi connectivity index (χ1v) is 9.04. The Hall–Kier alpha value is -3.74. The van der Waals surface area contributed by atoms with E-state index in [4.69, 9.17) is 4.74 Å². The van der Waals surface area contributed by atoms with Crippen molar-refractivity contribution >= 4 is 17.7 Å². The smallest absolute Gasteiger partial charge is 0.337 e. The lowest BCUT2D eigenvalue weighted by molar-refractivity contribution is -0.384. The van der Waals surface area contributed by atoms with Crippen molar-refractivity contribution in [1.29, 1.82) is 0 Å². The molecule has 0 saturated heterocycles. The predicted molar refractivity (Wildman–Crippen MR) is 110 cm³/mol. The van der Waals surface area contributed by atoms with E-state index in [0.717, 1.165) is 11.3 Å². The highest BCUT2D eigenvalue weighted by molar-refractivity contribution is 5.88. The third-order valence-corrected chi connectivity index (χ3v) is 4.17. The lowest BCUT2D eigenvalue weighted by atomic mass is 9.93. The fraction of sp³-hybridized carbons (Fsp3) is 0.182. The SMILES string of the molecule is CC(C)(C)c1cc(OC(=O)C=Cc2ccccc2)n(-c2ccc([N+](=O)[O-])cc2)n1. The van der Waals surface area contributed by atoms with E-state index in [-0.39, 0.29) is 17.0 Å². The highest BCUT2D eigenvalue weighted by Gasteiger charge is 2.22. The molecule has 0 aliphatic heterocycles.